The van der Waals surface area contributed by atoms with Crippen molar-refractivity contribution in [3.05, 3.63) is 24.3 Å². The topological polar surface area (TPSA) is 73.6 Å². The van der Waals surface area contributed by atoms with Gasteiger partial charge in [0.05, 0.1) is 0 Å². The Balaban J connectivity index is 1.95. The number of benzene rings is 1. The van der Waals surface area contributed by atoms with Crippen LogP contribution in [0.5, 0.6) is 11.5 Å². The second kappa shape index (κ2) is 5.93. The molecule has 0 saturated carbocycles. The van der Waals surface area contributed by atoms with Crippen LogP contribution in [0.1, 0.15) is 13.8 Å². The standard InChI is InChI=1S/C14H20N2O3/c1-9(7-15)10(2)16-14(17)13-8-18-11-5-3-4-6-12(11)19-13/h3-6,9-10,13H,7-8,15H2,1-2H3,(H,16,17). The lowest BCUT2D eigenvalue weighted by molar-refractivity contribution is -0.131. The molecule has 3 atom stereocenters. The van der Waals surface area contributed by atoms with E-state index in [4.69, 9.17) is 15.2 Å². The molecule has 1 aromatic carbocycles. The van der Waals surface area contributed by atoms with E-state index in [1.165, 1.54) is 0 Å². The molecule has 0 fully saturated rings. The zero-order valence-corrected chi connectivity index (χ0v) is 11.3. The van der Waals surface area contributed by atoms with Crippen molar-refractivity contribution >= 4 is 5.91 Å². The fourth-order valence-electron chi connectivity index (χ4n) is 1.81. The van der Waals surface area contributed by atoms with Crippen molar-refractivity contribution in [3.63, 3.8) is 0 Å². The highest BCUT2D eigenvalue weighted by molar-refractivity contribution is 5.82. The van der Waals surface area contributed by atoms with Gasteiger partial charge in [0.15, 0.2) is 11.5 Å². The van der Waals surface area contributed by atoms with Crippen LogP contribution in [0.3, 0.4) is 0 Å². The molecule has 19 heavy (non-hydrogen) atoms. The van der Waals surface area contributed by atoms with Crippen molar-refractivity contribution in [2.24, 2.45) is 11.7 Å². The van der Waals surface area contributed by atoms with E-state index in [1.54, 1.807) is 6.07 Å². The molecule has 3 unspecified atom stereocenters. The number of fused-ring (bicyclic) bond motifs is 1. The lowest BCUT2D eigenvalue weighted by atomic mass is 10.0. The predicted molar refractivity (Wildman–Crippen MR) is 72.2 cm³/mol. The van der Waals surface area contributed by atoms with Crippen LogP contribution in [0.15, 0.2) is 24.3 Å². The van der Waals surface area contributed by atoms with Crippen LogP contribution in [0.25, 0.3) is 0 Å². The first-order chi connectivity index (χ1) is 9.11. The van der Waals surface area contributed by atoms with Gasteiger partial charge in [0, 0.05) is 6.04 Å². The minimum Gasteiger partial charge on any atom is -0.485 e. The fraction of sp³-hybridized carbons (Fsp3) is 0.500. The molecule has 1 heterocycles. The fourth-order valence-corrected chi connectivity index (χ4v) is 1.81. The average Bonchev–Trinajstić information content (AvgIpc) is 2.45. The smallest absolute Gasteiger partial charge is 0.264 e. The van der Waals surface area contributed by atoms with Gasteiger partial charge in [0.25, 0.3) is 5.91 Å². The first-order valence-corrected chi connectivity index (χ1v) is 6.50. The molecule has 1 aliphatic heterocycles. The molecular weight excluding hydrogens is 244 g/mol. The van der Waals surface area contributed by atoms with Crippen molar-refractivity contribution in [2.45, 2.75) is 26.0 Å². The lowest BCUT2D eigenvalue weighted by Crippen LogP contribution is -2.49. The van der Waals surface area contributed by atoms with Gasteiger partial charge in [-0.15, -0.1) is 0 Å². The number of rotatable bonds is 4. The third kappa shape index (κ3) is 3.17. The Hall–Kier alpha value is -1.75. The van der Waals surface area contributed by atoms with Gasteiger partial charge >= 0.3 is 0 Å². The molecule has 0 aromatic heterocycles. The molecular formula is C14H20N2O3. The van der Waals surface area contributed by atoms with E-state index >= 15 is 0 Å². The Labute approximate surface area is 113 Å². The molecule has 2 rings (SSSR count). The SMILES string of the molecule is CC(CN)C(C)NC(=O)C1COc2ccccc2O1. The Morgan fingerprint density at radius 1 is 1.42 bits per heavy atom. The van der Waals surface area contributed by atoms with Crippen LogP contribution in [0.4, 0.5) is 0 Å². The summed E-state index contributed by atoms with van der Waals surface area (Å²) in [6, 6.07) is 7.34. The molecule has 104 valence electrons. The predicted octanol–water partition coefficient (Wildman–Crippen LogP) is 0.926. The van der Waals surface area contributed by atoms with E-state index < -0.39 is 6.10 Å². The maximum atomic E-state index is 12.1. The van der Waals surface area contributed by atoms with Crippen LogP contribution in [0, 0.1) is 5.92 Å². The van der Waals surface area contributed by atoms with Gasteiger partial charge in [0.1, 0.15) is 6.61 Å². The number of amides is 1. The number of carbonyl (C=O) groups excluding carboxylic acids is 1. The van der Waals surface area contributed by atoms with Crippen LogP contribution in [0.2, 0.25) is 0 Å². The largest absolute Gasteiger partial charge is 0.485 e. The van der Waals surface area contributed by atoms with Crippen molar-refractivity contribution in [1.29, 1.82) is 0 Å². The van der Waals surface area contributed by atoms with E-state index in [0.717, 1.165) is 0 Å². The first kappa shape index (κ1) is 13.7. The van der Waals surface area contributed by atoms with Gasteiger partial charge in [-0.25, -0.2) is 0 Å². The number of hydrogen-bond donors (Lipinski definition) is 2. The summed E-state index contributed by atoms with van der Waals surface area (Å²) < 4.78 is 11.2. The van der Waals surface area contributed by atoms with Crippen molar-refractivity contribution in [2.75, 3.05) is 13.2 Å². The number of para-hydroxylation sites is 2. The van der Waals surface area contributed by atoms with Crippen molar-refractivity contribution < 1.29 is 14.3 Å². The minimum absolute atomic E-state index is 0.0123. The molecule has 0 aliphatic carbocycles. The van der Waals surface area contributed by atoms with E-state index in [0.29, 0.717) is 18.0 Å². The van der Waals surface area contributed by atoms with E-state index in [-0.39, 0.29) is 24.5 Å². The maximum absolute atomic E-state index is 12.1. The molecule has 0 bridgehead atoms. The second-order valence-electron chi connectivity index (χ2n) is 4.87. The third-order valence-electron chi connectivity index (χ3n) is 3.40. The molecule has 0 saturated heterocycles. The quantitative estimate of drug-likeness (QED) is 0.848. The monoisotopic (exact) mass is 264 g/mol. The van der Waals surface area contributed by atoms with Crippen LogP contribution in [-0.4, -0.2) is 31.2 Å². The van der Waals surface area contributed by atoms with E-state index in [9.17, 15) is 4.79 Å². The molecule has 5 nitrogen and oxygen atoms in total. The van der Waals surface area contributed by atoms with Gasteiger partial charge < -0.3 is 20.5 Å². The van der Waals surface area contributed by atoms with Crippen molar-refractivity contribution in [3.8, 4) is 11.5 Å². The lowest BCUT2D eigenvalue weighted by Gasteiger charge is -2.28. The summed E-state index contributed by atoms with van der Waals surface area (Å²) >= 11 is 0. The molecule has 1 aliphatic rings. The van der Waals surface area contributed by atoms with Gasteiger partial charge in [-0.2, -0.15) is 0 Å². The molecule has 5 heteroatoms. The highest BCUT2D eigenvalue weighted by Crippen LogP contribution is 2.30. The summed E-state index contributed by atoms with van der Waals surface area (Å²) in [5.74, 6) is 1.34. The van der Waals surface area contributed by atoms with Crippen molar-refractivity contribution in [1.82, 2.24) is 5.32 Å². The average molecular weight is 264 g/mol. The minimum atomic E-state index is -0.609. The molecule has 1 aromatic rings. The zero-order chi connectivity index (χ0) is 13.8. The van der Waals surface area contributed by atoms with Gasteiger partial charge in [-0.05, 0) is 31.5 Å². The molecule has 0 radical (unpaired) electrons. The number of nitrogens with two attached hydrogens (primary N) is 1. The zero-order valence-electron chi connectivity index (χ0n) is 11.3. The summed E-state index contributed by atoms with van der Waals surface area (Å²) in [6.07, 6.45) is -0.609. The number of hydrogen-bond acceptors (Lipinski definition) is 4. The Morgan fingerprint density at radius 2 is 2.11 bits per heavy atom. The van der Waals surface area contributed by atoms with Crippen LogP contribution >= 0.6 is 0 Å². The Bertz CT molecular complexity index is 450. The normalized spacial score (nSPS) is 20.5. The van der Waals surface area contributed by atoms with E-state index in [1.807, 2.05) is 32.0 Å². The van der Waals surface area contributed by atoms with Gasteiger partial charge in [0.2, 0.25) is 6.10 Å². The van der Waals surface area contributed by atoms with Gasteiger partial charge in [-0.1, -0.05) is 19.1 Å². The van der Waals surface area contributed by atoms with Crippen LogP contribution in [-0.2, 0) is 4.79 Å². The Kier molecular flexibility index (Phi) is 4.27. The molecule has 1 amide bonds. The summed E-state index contributed by atoms with van der Waals surface area (Å²) in [6.45, 7) is 4.70. The molecule has 3 N–H and O–H groups in total. The first-order valence-electron chi connectivity index (χ1n) is 6.50. The summed E-state index contributed by atoms with van der Waals surface area (Å²) in [5, 5.41) is 2.91. The Morgan fingerprint density at radius 3 is 2.79 bits per heavy atom. The number of carbonyl (C=O) groups is 1. The van der Waals surface area contributed by atoms with E-state index in [2.05, 4.69) is 5.32 Å². The highest BCUT2D eigenvalue weighted by atomic mass is 16.6. The maximum Gasteiger partial charge on any atom is 0.264 e. The number of nitrogens with one attached hydrogen (secondary N) is 1. The van der Waals surface area contributed by atoms with Gasteiger partial charge in [-0.3, -0.25) is 4.79 Å². The van der Waals surface area contributed by atoms with Crippen LogP contribution < -0.4 is 20.5 Å². The highest BCUT2D eigenvalue weighted by Gasteiger charge is 2.28. The summed E-state index contributed by atoms with van der Waals surface area (Å²) in [5.41, 5.74) is 5.58. The summed E-state index contributed by atoms with van der Waals surface area (Å²) in [4.78, 5) is 12.1. The summed E-state index contributed by atoms with van der Waals surface area (Å²) in [7, 11) is 0. The second-order valence-corrected chi connectivity index (χ2v) is 4.87. The number of ether oxygens (including phenoxy) is 2. The molecule has 0 spiro atoms. The third-order valence-corrected chi connectivity index (χ3v) is 3.40.